The summed E-state index contributed by atoms with van der Waals surface area (Å²) in [5.74, 6) is -0.143. The number of nitrogens with two attached hydrogens (primary N) is 1. The zero-order valence-corrected chi connectivity index (χ0v) is 11.8. The highest BCUT2D eigenvalue weighted by Gasteiger charge is 2.13. The molecule has 0 aromatic heterocycles. The van der Waals surface area contributed by atoms with Gasteiger partial charge in [-0.25, -0.2) is 0 Å². The molecule has 0 saturated heterocycles. The van der Waals surface area contributed by atoms with Gasteiger partial charge in [0.05, 0.1) is 11.0 Å². The van der Waals surface area contributed by atoms with Gasteiger partial charge in [-0.15, -0.1) is 0 Å². The highest BCUT2D eigenvalue weighted by atomic mass is 127. The number of rotatable bonds is 4. The minimum absolute atomic E-state index is 0.143. The molecule has 0 fully saturated rings. The van der Waals surface area contributed by atoms with Crippen LogP contribution in [0.4, 0.5) is 0 Å². The first kappa shape index (κ1) is 13.4. The Morgan fingerprint density at radius 2 is 2.06 bits per heavy atom. The lowest BCUT2D eigenvalue weighted by atomic mass is 10.1. The Labute approximate surface area is 114 Å². The molecule has 1 atom stereocenters. The Hall–Kier alpha value is -0.690. The summed E-state index contributed by atoms with van der Waals surface area (Å²) in [6.45, 7) is 1.93. The van der Waals surface area contributed by atoms with Crippen LogP contribution in [0.2, 0.25) is 0 Å². The highest BCUT2D eigenvalue weighted by molar-refractivity contribution is 14.1. The topological polar surface area (TPSA) is 55.1 Å². The van der Waals surface area contributed by atoms with Crippen LogP contribution in [0.3, 0.4) is 0 Å². The van der Waals surface area contributed by atoms with Gasteiger partial charge in [0.2, 0.25) is 0 Å². The number of carbonyl (C=O) groups is 1. The molecule has 0 aliphatic heterocycles. The van der Waals surface area contributed by atoms with Crippen LogP contribution >= 0.6 is 34.8 Å². The second kappa shape index (κ2) is 6.15. The fourth-order valence-corrected chi connectivity index (χ4v) is 1.80. The number of nitrogens with one attached hydrogen (secondary N) is 1. The second-order valence-corrected chi connectivity index (χ2v) is 5.06. The van der Waals surface area contributed by atoms with E-state index in [-0.39, 0.29) is 11.9 Å². The normalized spacial score (nSPS) is 11.9. The van der Waals surface area contributed by atoms with Gasteiger partial charge in [-0.05, 0) is 53.3 Å². The maximum Gasteiger partial charge on any atom is 0.251 e. The van der Waals surface area contributed by atoms with Gasteiger partial charge in [-0.1, -0.05) is 19.1 Å². The van der Waals surface area contributed by atoms with Crippen molar-refractivity contribution in [3.63, 3.8) is 0 Å². The van der Waals surface area contributed by atoms with Gasteiger partial charge in [0, 0.05) is 9.13 Å². The lowest BCUT2D eigenvalue weighted by Gasteiger charge is -2.15. The van der Waals surface area contributed by atoms with Gasteiger partial charge in [0.1, 0.15) is 0 Å². The molecular formula is C11H13IN2OS. The fraction of sp³-hybridized carbons (Fsp3) is 0.273. The number of halogens is 1. The maximum atomic E-state index is 11.8. The Bertz CT molecular complexity index is 391. The van der Waals surface area contributed by atoms with E-state index in [2.05, 4.69) is 27.9 Å². The highest BCUT2D eigenvalue weighted by Crippen LogP contribution is 2.07. The largest absolute Gasteiger partial charge is 0.392 e. The number of benzene rings is 1. The van der Waals surface area contributed by atoms with E-state index in [0.717, 1.165) is 3.57 Å². The molecule has 0 bridgehead atoms. The van der Waals surface area contributed by atoms with Crippen LogP contribution in [0.25, 0.3) is 0 Å². The van der Waals surface area contributed by atoms with Crippen molar-refractivity contribution in [2.24, 2.45) is 5.73 Å². The van der Waals surface area contributed by atoms with Crippen molar-refractivity contribution in [1.29, 1.82) is 0 Å². The van der Waals surface area contributed by atoms with E-state index >= 15 is 0 Å². The zero-order chi connectivity index (χ0) is 12.1. The molecular weight excluding hydrogens is 335 g/mol. The number of hydrogen-bond donors (Lipinski definition) is 2. The lowest BCUT2D eigenvalue weighted by Crippen LogP contribution is -2.42. The van der Waals surface area contributed by atoms with Crippen molar-refractivity contribution < 1.29 is 4.79 Å². The molecule has 16 heavy (non-hydrogen) atoms. The zero-order valence-electron chi connectivity index (χ0n) is 8.87. The lowest BCUT2D eigenvalue weighted by molar-refractivity contribution is 0.0946. The Morgan fingerprint density at radius 3 is 2.50 bits per heavy atom. The standard InChI is InChI=1S/C11H13IN2OS/c1-2-9(10(13)16)14-11(15)7-3-5-8(12)6-4-7/h3-6,9H,2H2,1H3,(H2,13,16)(H,14,15). The molecule has 86 valence electrons. The van der Waals surface area contributed by atoms with E-state index in [9.17, 15) is 4.79 Å². The van der Waals surface area contributed by atoms with Crippen molar-refractivity contribution in [2.45, 2.75) is 19.4 Å². The van der Waals surface area contributed by atoms with Crippen LogP contribution in [0, 0.1) is 3.57 Å². The molecule has 3 nitrogen and oxygen atoms in total. The smallest absolute Gasteiger partial charge is 0.251 e. The average Bonchev–Trinajstić information content (AvgIpc) is 2.26. The van der Waals surface area contributed by atoms with Crippen LogP contribution in [-0.4, -0.2) is 16.9 Å². The molecule has 0 saturated carbocycles. The molecule has 1 unspecified atom stereocenters. The first-order chi connectivity index (χ1) is 7.54. The van der Waals surface area contributed by atoms with E-state index in [1.807, 2.05) is 19.1 Å². The number of carbonyl (C=O) groups excluding carboxylic acids is 1. The average molecular weight is 348 g/mol. The molecule has 1 aromatic carbocycles. The molecule has 5 heteroatoms. The summed E-state index contributed by atoms with van der Waals surface area (Å²) in [6, 6.07) is 7.10. The van der Waals surface area contributed by atoms with Crippen molar-refractivity contribution in [2.75, 3.05) is 0 Å². The molecule has 0 aliphatic rings. The SMILES string of the molecule is CCC(NC(=O)c1ccc(I)cc1)C(N)=S. The minimum Gasteiger partial charge on any atom is -0.392 e. The predicted octanol–water partition coefficient (Wildman–Crippen LogP) is 2.09. The Balaban J connectivity index is 2.71. The molecule has 0 aliphatic carbocycles. The first-order valence-electron chi connectivity index (χ1n) is 4.90. The number of amides is 1. The van der Waals surface area contributed by atoms with Gasteiger partial charge >= 0.3 is 0 Å². The molecule has 0 heterocycles. The predicted molar refractivity (Wildman–Crippen MR) is 77.5 cm³/mol. The molecule has 0 radical (unpaired) electrons. The van der Waals surface area contributed by atoms with Crippen molar-refractivity contribution in [1.82, 2.24) is 5.32 Å². The van der Waals surface area contributed by atoms with Crippen molar-refractivity contribution in [3.05, 3.63) is 33.4 Å². The summed E-state index contributed by atoms with van der Waals surface area (Å²) in [7, 11) is 0. The van der Waals surface area contributed by atoms with E-state index in [1.165, 1.54) is 0 Å². The quantitative estimate of drug-likeness (QED) is 0.647. The molecule has 1 rings (SSSR count). The summed E-state index contributed by atoms with van der Waals surface area (Å²) in [5.41, 5.74) is 6.13. The maximum absolute atomic E-state index is 11.8. The van der Waals surface area contributed by atoms with E-state index in [1.54, 1.807) is 12.1 Å². The second-order valence-electron chi connectivity index (χ2n) is 3.34. The van der Waals surface area contributed by atoms with Crippen LogP contribution in [0.15, 0.2) is 24.3 Å². The summed E-state index contributed by atoms with van der Waals surface area (Å²) in [5, 5.41) is 2.79. The van der Waals surface area contributed by atoms with Gasteiger partial charge in [0.25, 0.3) is 5.91 Å². The third kappa shape index (κ3) is 3.71. The van der Waals surface area contributed by atoms with Gasteiger partial charge in [0.15, 0.2) is 0 Å². The van der Waals surface area contributed by atoms with Gasteiger partial charge < -0.3 is 11.1 Å². The van der Waals surface area contributed by atoms with Crippen LogP contribution in [0.5, 0.6) is 0 Å². The fourth-order valence-electron chi connectivity index (χ4n) is 1.22. The number of thiocarbonyl (C=S) groups is 1. The van der Waals surface area contributed by atoms with Gasteiger partial charge in [-0.2, -0.15) is 0 Å². The Morgan fingerprint density at radius 1 is 1.50 bits per heavy atom. The molecule has 0 spiro atoms. The van der Waals surface area contributed by atoms with Crippen molar-refractivity contribution in [3.8, 4) is 0 Å². The monoisotopic (exact) mass is 348 g/mol. The summed E-state index contributed by atoms with van der Waals surface area (Å²) in [4.78, 5) is 12.1. The minimum atomic E-state index is -0.234. The first-order valence-corrected chi connectivity index (χ1v) is 6.39. The molecule has 3 N–H and O–H groups in total. The van der Waals surface area contributed by atoms with E-state index < -0.39 is 0 Å². The van der Waals surface area contributed by atoms with Crippen LogP contribution in [0.1, 0.15) is 23.7 Å². The molecule has 1 aromatic rings. The summed E-state index contributed by atoms with van der Waals surface area (Å²) < 4.78 is 1.09. The van der Waals surface area contributed by atoms with Gasteiger partial charge in [-0.3, -0.25) is 4.79 Å². The Kier molecular flexibility index (Phi) is 5.14. The van der Waals surface area contributed by atoms with Crippen molar-refractivity contribution >= 4 is 45.7 Å². The summed E-state index contributed by atoms with van der Waals surface area (Å²) in [6.07, 6.45) is 0.700. The number of hydrogen-bond acceptors (Lipinski definition) is 2. The van der Waals surface area contributed by atoms with Crippen LogP contribution < -0.4 is 11.1 Å². The van der Waals surface area contributed by atoms with Crippen LogP contribution in [-0.2, 0) is 0 Å². The summed E-state index contributed by atoms with van der Waals surface area (Å²) >= 11 is 7.06. The van der Waals surface area contributed by atoms with E-state index in [4.69, 9.17) is 18.0 Å². The molecule has 1 amide bonds. The third-order valence-electron chi connectivity index (χ3n) is 2.16. The van der Waals surface area contributed by atoms with E-state index in [0.29, 0.717) is 17.0 Å². The third-order valence-corrected chi connectivity index (χ3v) is 3.17.